The van der Waals surface area contributed by atoms with Crippen molar-refractivity contribution in [1.29, 1.82) is 0 Å². The Balaban J connectivity index is 1.34. The number of likely N-dealkylation sites (tertiary alicyclic amines) is 1. The Morgan fingerprint density at radius 3 is 2.42 bits per heavy atom. The second kappa shape index (κ2) is 8.39. The van der Waals surface area contributed by atoms with Gasteiger partial charge in [-0.15, -0.1) is 0 Å². The average Bonchev–Trinajstić information content (AvgIpc) is 3.16. The Labute approximate surface area is 185 Å². The number of carbonyl (C=O) groups is 1. The molecule has 2 amide bonds. The largest absolute Gasteiger partial charge is 0.334 e. The van der Waals surface area contributed by atoms with Crippen LogP contribution in [-0.4, -0.2) is 29.6 Å². The van der Waals surface area contributed by atoms with E-state index in [-0.39, 0.29) is 17.0 Å². The molecule has 164 valence electrons. The van der Waals surface area contributed by atoms with E-state index in [1.807, 2.05) is 17.0 Å². The van der Waals surface area contributed by atoms with Gasteiger partial charge < -0.3 is 10.2 Å². The molecular weight excluding hydrogens is 386 g/mol. The highest BCUT2D eigenvalue weighted by Crippen LogP contribution is 2.35. The number of aryl methyl sites for hydroxylation is 1. The molecule has 2 aromatic rings. The monoisotopic (exact) mass is 419 g/mol. The number of rotatable bonds is 3. The van der Waals surface area contributed by atoms with Gasteiger partial charge in [-0.3, -0.25) is 10.3 Å². The third kappa shape index (κ3) is 4.77. The van der Waals surface area contributed by atoms with Crippen LogP contribution < -0.4 is 10.8 Å². The minimum atomic E-state index is -0.342. The Bertz CT molecular complexity index is 965. The van der Waals surface area contributed by atoms with Crippen molar-refractivity contribution in [2.75, 3.05) is 13.1 Å². The minimum Gasteiger partial charge on any atom is -0.334 e. The molecule has 1 saturated heterocycles. The van der Waals surface area contributed by atoms with E-state index in [4.69, 9.17) is 4.84 Å². The molecule has 0 radical (unpaired) electrons. The summed E-state index contributed by atoms with van der Waals surface area (Å²) >= 11 is 0. The molecule has 1 spiro atoms. The first-order valence-electron chi connectivity index (χ1n) is 11.1. The maximum Gasteiger partial charge on any atom is 0.317 e. The molecule has 0 aliphatic carbocycles. The van der Waals surface area contributed by atoms with E-state index in [0.717, 1.165) is 29.7 Å². The zero-order chi connectivity index (χ0) is 22.1. The lowest BCUT2D eigenvalue weighted by Gasteiger charge is -2.36. The Hall–Kier alpha value is -2.79. The number of urea groups is 1. The third-order valence-electron chi connectivity index (χ3n) is 6.42. The lowest BCUT2D eigenvalue weighted by atomic mass is 9.86. The summed E-state index contributed by atoms with van der Waals surface area (Å²) in [6, 6.07) is 16.8. The van der Waals surface area contributed by atoms with Crippen LogP contribution in [0.4, 0.5) is 4.79 Å². The SMILES string of the molecule is Cc1ccccc1CNC(=O)N1CCC2(C=C(c3ccc(C(C)(C)C)cc3)NO2)CC1. The Kier molecular flexibility index (Phi) is 5.80. The molecule has 0 bridgehead atoms. The fraction of sp³-hybridized carbons (Fsp3) is 0.423. The maximum absolute atomic E-state index is 12.6. The van der Waals surface area contributed by atoms with Gasteiger partial charge in [-0.25, -0.2) is 4.79 Å². The molecule has 4 rings (SSSR count). The molecule has 31 heavy (non-hydrogen) atoms. The van der Waals surface area contributed by atoms with E-state index < -0.39 is 0 Å². The lowest BCUT2D eigenvalue weighted by Crippen LogP contribution is -2.49. The second-order valence-electron chi connectivity index (χ2n) is 9.73. The molecule has 0 aromatic heterocycles. The molecule has 5 nitrogen and oxygen atoms in total. The fourth-order valence-electron chi connectivity index (χ4n) is 4.20. The Morgan fingerprint density at radius 2 is 1.77 bits per heavy atom. The number of benzene rings is 2. The number of hydrogen-bond donors (Lipinski definition) is 2. The summed E-state index contributed by atoms with van der Waals surface area (Å²) < 4.78 is 0. The van der Waals surface area contributed by atoms with Gasteiger partial charge in [-0.1, -0.05) is 69.3 Å². The molecule has 0 atom stereocenters. The number of hydrogen-bond acceptors (Lipinski definition) is 3. The van der Waals surface area contributed by atoms with Crippen molar-refractivity contribution < 1.29 is 9.63 Å². The summed E-state index contributed by atoms with van der Waals surface area (Å²) in [4.78, 5) is 20.5. The first-order valence-corrected chi connectivity index (χ1v) is 11.1. The topological polar surface area (TPSA) is 53.6 Å². The first-order chi connectivity index (χ1) is 14.8. The summed E-state index contributed by atoms with van der Waals surface area (Å²) in [6.07, 6.45) is 3.75. The molecule has 2 N–H and O–H groups in total. The number of nitrogens with zero attached hydrogens (tertiary/aromatic N) is 1. The van der Waals surface area contributed by atoms with Gasteiger partial charge >= 0.3 is 6.03 Å². The molecular formula is C26H33N3O2. The van der Waals surface area contributed by atoms with E-state index in [1.54, 1.807) is 0 Å². The molecule has 5 heteroatoms. The molecule has 0 saturated carbocycles. The summed E-state index contributed by atoms with van der Waals surface area (Å²) in [7, 11) is 0. The van der Waals surface area contributed by atoms with Gasteiger partial charge in [0.15, 0.2) is 0 Å². The number of amides is 2. The van der Waals surface area contributed by atoms with E-state index in [9.17, 15) is 4.79 Å². The van der Waals surface area contributed by atoms with Crippen LogP contribution in [0, 0.1) is 6.92 Å². The number of nitrogens with one attached hydrogen (secondary N) is 2. The van der Waals surface area contributed by atoms with E-state index in [1.165, 1.54) is 11.1 Å². The van der Waals surface area contributed by atoms with Gasteiger partial charge in [0.1, 0.15) is 5.60 Å². The lowest BCUT2D eigenvalue weighted by molar-refractivity contribution is -0.0639. The van der Waals surface area contributed by atoms with Crippen LogP contribution in [0.5, 0.6) is 0 Å². The number of carbonyl (C=O) groups excluding carboxylic acids is 1. The van der Waals surface area contributed by atoms with Crippen LogP contribution in [0.3, 0.4) is 0 Å². The number of hydroxylamine groups is 1. The molecule has 2 heterocycles. The van der Waals surface area contributed by atoms with Crippen molar-refractivity contribution in [2.24, 2.45) is 0 Å². The van der Waals surface area contributed by atoms with Gasteiger partial charge in [0, 0.05) is 32.5 Å². The average molecular weight is 420 g/mol. The van der Waals surface area contributed by atoms with E-state index in [0.29, 0.717) is 19.6 Å². The smallest absolute Gasteiger partial charge is 0.317 e. The van der Waals surface area contributed by atoms with Crippen LogP contribution in [0.1, 0.15) is 55.9 Å². The predicted octanol–water partition coefficient (Wildman–Crippen LogP) is 4.91. The van der Waals surface area contributed by atoms with Crippen LogP contribution in [-0.2, 0) is 16.8 Å². The van der Waals surface area contributed by atoms with Crippen molar-refractivity contribution in [3.8, 4) is 0 Å². The normalized spacial score (nSPS) is 17.9. The standard InChI is InChI=1S/C26H33N3O2/c1-19-7-5-6-8-21(19)18-27-24(30)29-15-13-26(14-16-29)17-23(28-31-26)20-9-11-22(12-10-20)25(2,3)4/h5-12,17,28H,13-16,18H2,1-4H3,(H,27,30). The van der Waals surface area contributed by atoms with Crippen LogP contribution in [0.2, 0.25) is 0 Å². The summed E-state index contributed by atoms with van der Waals surface area (Å²) in [5.41, 5.74) is 8.73. The zero-order valence-corrected chi connectivity index (χ0v) is 19.0. The predicted molar refractivity (Wildman–Crippen MR) is 124 cm³/mol. The van der Waals surface area contributed by atoms with Gasteiger partial charge in [-0.05, 0) is 40.7 Å². The highest BCUT2D eigenvalue weighted by molar-refractivity contribution is 5.74. The van der Waals surface area contributed by atoms with Crippen molar-refractivity contribution >= 4 is 11.7 Å². The van der Waals surface area contributed by atoms with Crippen LogP contribution >= 0.6 is 0 Å². The van der Waals surface area contributed by atoms with E-state index in [2.05, 4.69) is 81.0 Å². The van der Waals surface area contributed by atoms with Gasteiger partial charge in [0.25, 0.3) is 0 Å². The fourth-order valence-corrected chi connectivity index (χ4v) is 4.20. The Morgan fingerprint density at radius 1 is 1.10 bits per heavy atom. The summed E-state index contributed by atoms with van der Waals surface area (Å²) in [6.45, 7) is 10.6. The second-order valence-corrected chi connectivity index (χ2v) is 9.73. The van der Waals surface area contributed by atoms with Crippen LogP contribution in [0.25, 0.3) is 5.70 Å². The van der Waals surface area contributed by atoms with Crippen molar-refractivity contribution in [2.45, 2.75) is 58.1 Å². The highest BCUT2D eigenvalue weighted by atomic mass is 16.7. The molecule has 2 aromatic carbocycles. The molecule has 1 fully saturated rings. The quantitative estimate of drug-likeness (QED) is 0.743. The maximum atomic E-state index is 12.6. The zero-order valence-electron chi connectivity index (χ0n) is 19.0. The molecule has 2 aliphatic rings. The third-order valence-corrected chi connectivity index (χ3v) is 6.42. The van der Waals surface area contributed by atoms with Gasteiger partial charge in [0.2, 0.25) is 0 Å². The highest BCUT2D eigenvalue weighted by Gasteiger charge is 2.39. The van der Waals surface area contributed by atoms with Crippen LogP contribution in [0.15, 0.2) is 54.6 Å². The van der Waals surface area contributed by atoms with E-state index >= 15 is 0 Å². The first kappa shape index (κ1) is 21.4. The molecule has 0 unspecified atom stereocenters. The van der Waals surface area contributed by atoms with Crippen molar-refractivity contribution in [3.05, 3.63) is 76.9 Å². The van der Waals surface area contributed by atoms with Gasteiger partial charge in [-0.2, -0.15) is 0 Å². The van der Waals surface area contributed by atoms with Gasteiger partial charge in [0.05, 0.1) is 5.70 Å². The minimum absolute atomic E-state index is 0.00830. The molecule has 2 aliphatic heterocycles. The summed E-state index contributed by atoms with van der Waals surface area (Å²) in [5.74, 6) is 0. The summed E-state index contributed by atoms with van der Waals surface area (Å²) in [5, 5.41) is 3.06. The van der Waals surface area contributed by atoms with Crippen molar-refractivity contribution in [1.82, 2.24) is 15.7 Å². The number of piperidine rings is 1. The van der Waals surface area contributed by atoms with Crippen molar-refractivity contribution in [3.63, 3.8) is 0 Å².